The lowest BCUT2D eigenvalue weighted by Crippen LogP contribution is -2.67. The van der Waals surface area contributed by atoms with Crippen molar-refractivity contribution < 1.29 is 54.5 Å². The van der Waals surface area contributed by atoms with Gasteiger partial charge in [-0.2, -0.15) is 4.99 Å². The zero-order valence-corrected chi connectivity index (χ0v) is 17.3. The van der Waals surface area contributed by atoms with Crippen LogP contribution in [0.5, 0.6) is 0 Å². The van der Waals surface area contributed by atoms with Gasteiger partial charge in [-0.1, -0.05) is 6.08 Å². The summed E-state index contributed by atoms with van der Waals surface area (Å²) in [6.45, 7) is 0.507. The van der Waals surface area contributed by atoms with Crippen LogP contribution in [-0.4, -0.2) is 102 Å². The Morgan fingerprint density at radius 3 is 2.53 bits per heavy atom. The number of carbonyl (C=O) groups excluding carboxylic acids is 2. The number of isothiocyanates is 1. The van der Waals surface area contributed by atoms with Crippen molar-refractivity contribution in [3.8, 4) is 0 Å². The van der Waals surface area contributed by atoms with Crippen molar-refractivity contribution >= 4 is 40.8 Å². The molecule has 7 N–H and O–H groups in total. The van der Waals surface area contributed by atoms with E-state index in [2.05, 4.69) is 17.2 Å². The minimum absolute atomic E-state index is 0.304. The van der Waals surface area contributed by atoms with Gasteiger partial charge in [0.15, 0.2) is 23.2 Å². The average molecular weight is 472 g/mol. The second-order valence-corrected chi connectivity index (χ2v) is 7.12. The van der Waals surface area contributed by atoms with Crippen molar-refractivity contribution in [2.24, 2.45) is 4.99 Å². The third-order valence-electron chi connectivity index (χ3n) is 5.05. The highest BCUT2D eigenvalue weighted by Gasteiger charge is 2.59. The summed E-state index contributed by atoms with van der Waals surface area (Å²) in [4.78, 5) is 39.1. The summed E-state index contributed by atoms with van der Waals surface area (Å²) in [6.07, 6.45) is -9.33. The van der Waals surface area contributed by atoms with Gasteiger partial charge in [-0.15, -0.1) is 0 Å². The number of esters is 1. The van der Waals surface area contributed by atoms with Crippen molar-refractivity contribution in [1.82, 2.24) is 0 Å². The van der Waals surface area contributed by atoms with Gasteiger partial charge in [-0.05, 0) is 19.1 Å². The summed E-state index contributed by atoms with van der Waals surface area (Å²) in [5, 5.41) is 70.6. The number of carboxylic acids is 1. The van der Waals surface area contributed by atoms with E-state index in [1.54, 1.807) is 0 Å². The van der Waals surface area contributed by atoms with Gasteiger partial charge >= 0.3 is 11.9 Å². The van der Waals surface area contributed by atoms with Crippen molar-refractivity contribution in [1.29, 1.82) is 5.41 Å². The lowest BCUT2D eigenvalue weighted by Gasteiger charge is -2.48. The smallest absolute Gasteiger partial charge is 0.357 e. The number of carboxylic acid groups (broad SMARTS) is 1. The molecule has 2 rings (SSSR count). The van der Waals surface area contributed by atoms with E-state index in [9.17, 15) is 45.0 Å². The molecule has 0 aromatic heterocycles. The van der Waals surface area contributed by atoms with Crippen LogP contribution in [0.25, 0.3) is 0 Å². The molecule has 0 radical (unpaired) electrons. The topological polar surface area (TPSA) is 227 Å². The normalized spacial score (nSPS) is 33.5. The van der Waals surface area contributed by atoms with Crippen LogP contribution in [0.4, 0.5) is 0 Å². The molecule has 14 heteroatoms. The van der Waals surface area contributed by atoms with Crippen molar-refractivity contribution in [2.75, 3.05) is 6.61 Å². The number of ether oxygens (including phenoxy) is 2. The fraction of sp³-hybridized carbons (Fsp3) is 0.500. The van der Waals surface area contributed by atoms with Crippen LogP contribution in [0, 0.1) is 5.41 Å². The zero-order chi connectivity index (χ0) is 24.4. The number of aliphatic hydroxyl groups is 5. The van der Waals surface area contributed by atoms with Gasteiger partial charge in [-0.25, -0.2) is 9.59 Å². The van der Waals surface area contributed by atoms with Crippen LogP contribution in [0.2, 0.25) is 0 Å². The molecule has 0 spiro atoms. The number of aliphatic hydroxyl groups excluding tert-OH is 4. The molecule has 2 aliphatic rings. The summed E-state index contributed by atoms with van der Waals surface area (Å²) < 4.78 is 10.4. The largest absolute Gasteiger partial charge is 0.508 e. The van der Waals surface area contributed by atoms with E-state index >= 15 is 0 Å². The van der Waals surface area contributed by atoms with Crippen molar-refractivity contribution in [3.63, 3.8) is 0 Å². The van der Waals surface area contributed by atoms with E-state index in [0.29, 0.717) is 0 Å². The summed E-state index contributed by atoms with van der Waals surface area (Å²) in [6, 6.07) is 0. The van der Waals surface area contributed by atoms with Crippen LogP contribution in [0.3, 0.4) is 0 Å². The second-order valence-electron chi connectivity index (χ2n) is 6.93. The Kier molecular flexibility index (Phi) is 7.74. The average Bonchev–Trinajstić information content (AvgIpc) is 2.73. The molecule has 1 heterocycles. The van der Waals surface area contributed by atoms with E-state index in [0.717, 1.165) is 0 Å². The SMILES string of the molecule is C/C=C(\N=C=S)C(=O)O[C@H]1[C@@H](O)[C@@H](O)[C@H](C2(O)CC(=O)C(=N)C(C(=O)O)=C2O)O[C@@H]1CO. The van der Waals surface area contributed by atoms with E-state index in [4.69, 9.17) is 14.9 Å². The number of Topliss-reactive ketones (excluding diaryl/α,β-unsaturated/α-hetero) is 1. The van der Waals surface area contributed by atoms with Crippen LogP contribution in [-0.2, 0) is 23.9 Å². The van der Waals surface area contributed by atoms with Crippen LogP contribution < -0.4 is 0 Å². The first-order chi connectivity index (χ1) is 14.9. The molecule has 0 bridgehead atoms. The maximum Gasteiger partial charge on any atom is 0.357 e. The predicted octanol–water partition coefficient (Wildman–Crippen LogP) is -1.99. The summed E-state index contributed by atoms with van der Waals surface area (Å²) in [5.74, 6) is -5.53. The van der Waals surface area contributed by atoms with Gasteiger partial charge in [0.2, 0.25) is 0 Å². The first kappa shape index (κ1) is 25.4. The molecule has 1 fully saturated rings. The number of aliphatic imine (C=N–C) groups is 1. The fourth-order valence-electron chi connectivity index (χ4n) is 3.42. The quantitative estimate of drug-likeness (QED) is 0.0964. The Morgan fingerprint density at radius 1 is 1.41 bits per heavy atom. The molecule has 174 valence electrons. The Hall–Kier alpha value is -2.84. The second kappa shape index (κ2) is 9.75. The molecule has 1 saturated heterocycles. The number of ketones is 1. The lowest BCUT2D eigenvalue weighted by atomic mass is 9.75. The lowest BCUT2D eigenvalue weighted by molar-refractivity contribution is -0.271. The maximum atomic E-state index is 12.2. The molecule has 0 amide bonds. The summed E-state index contributed by atoms with van der Waals surface area (Å²) >= 11 is 4.40. The molecular weight excluding hydrogens is 452 g/mol. The number of aliphatic carboxylic acids is 1. The highest BCUT2D eigenvalue weighted by Crippen LogP contribution is 2.39. The van der Waals surface area contributed by atoms with Crippen molar-refractivity contribution in [2.45, 2.75) is 49.5 Å². The third-order valence-corrected chi connectivity index (χ3v) is 5.14. The zero-order valence-electron chi connectivity index (χ0n) is 16.5. The number of rotatable bonds is 6. The minimum Gasteiger partial charge on any atom is -0.508 e. The van der Waals surface area contributed by atoms with E-state index in [1.807, 2.05) is 5.16 Å². The van der Waals surface area contributed by atoms with Gasteiger partial charge in [0.25, 0.3) is 0 Å². The third kappa shape index (κ3) is 4.38. The molecule has 1 unspecified atom stereocenters. The highest BCUT2D eigenvalue weighted by molar-refractivity contribution is 7.78. The molecular formula is C18H20N2O11S. The Labute approximate surface area is 185 Å². The predicted molar refractivity (Wildman–Crippen MR) is 106 cm³/mol. The number of thiocarbonyl (C=S) groups is 1. The van der Waals surface area contributed by atoms with Gasteiger partial charge in [0.05, 0.1) is 18.2 Å². The van der Waals surface area contributed by atoms with Crippen LogP contribution >= 0.6 is 12.2 Å². The molecule has 6 atom stereocenters. The number of hydrogen-bond donors (Lipinski definition) is 7. The Morgan fingerprint density at radius 2 is 2.03 bits per heavy atom. The van der Waals surface area contributed by atoms with Crippen molar-refractivity contribution in [3.05, 3.63) is 23.1 Å². The van der Waals surface area contributed by atoms with Gasteiger partial charge < -0.3 is 40.1 Å². The van der Waals surface area contributed by atoms with Gasteiger partial charge in [-0.3, -0.25) is 10.2 Å². The van der Waals surface area contributed by atoms with Gasteiger partial charge in [0, 0.05) is 0 Å². The molecule has 1 aliphatic heterocycles. The Balaban J connectivity index is 2.43. The standard InChI is InChI=1S/C18H20N2O11S/c1-2-6(20-5-32)17(28)31-13-8(4-21)30-15(12(24)11(13)23)18(29)3-7(22)10(19)9(14(18)25)16(26)27/h2,8,11-13,15,19,21,23-25,29H,3-4H2,1H3,(H,26,27)/b6-2-,19-10?/t8-,11+,12-,13-,15-,18?/m1/s1. The number of hydrogen-bond acceptors (Lipinski definition) is 13. The maximum absolute atomic E-state index is 12.2. The Bertz CT molecular complexity index is 953. The van der Waals surface area contributed by atoms with Gasteiger partial charge in [0.1, 0.15) is 41.5 Å². The monoisotopic (exact) mass is 472 g/mol. The summed E-state index contributed by atoms with van der Waals surface area (Å²) in [5.41, 5.74) is -5.45. The van der Waals surface area contributed by atoms with Crippen LogP contribution in [0.15, 0.2) is 28.1 Å². The molecule has 0 saturated carbocycles. The molecule has 0 aromatic carbocycles. The number of allylic oxidation sites excluding steroid dienone is 1. The first-order valence-corrected chi connectivity index (χ1v) is 9.44. The molecule has 0 aromatic rings. The number of carbonyl (C=O) groups is 3. The molecule has 32 heavy (non-hydrogen) atoms. The molecule has 13 nitrogen and oxygen atoms in total. The number of nitrogens with zero attached hydrogens (tertiary/aromatic N) is 1. The summed E-state index contributed by atoms with van der Waals surface area (Å²) in [7, 11) is 0. The molecule has 1 aliphatic carbocycles. The highest BCUT2D eigenvalue weighted by atomic mass is 32.1. The minimum atomic E-state index is -2.87. The van der Waals surface area contributed by atoms with E-state index in [-0.39, 0.29) is 5.70 Å². The number of nitrogens with one attached hydrogen (secondary N) is 1. The fourth-order valence-corrected chi connectivity index (χ4v) is 3.52. The van der Waals surface area contributed by atoms with E-state index < -0.39 is 83.9 Å². The van der Waals surface area contributed by atoms with E-state index in [1.165, 1.54) is 13.0 Å². The first-order valence-electron chi connectivity index (χ1n) is 9.03. The van der Waals surface area contributed by atoms with Crippen LogP contribution in [0.1, 0.15) is 13.3 Å².